The summed E-state index contributed by atoms with van der Waals surface area (Å²) >= 11 is 0. The maximum atomic E-state index is 14.0. The fourth-order valence-corrected chi connectivity index (χ4v) is 19.6. The van der Waals surface area contributed by atoms with Gasteiger partial charge < -0.3 is 0 Å². The minimum absolute atomic E-state index is 0.145. The van der Waals surface area contributed by atoms with Crippen molar-refractivity contribution in [1.29, 1.82) is 0 Å². The molecule has 0 aliphatic heterocycles. The second-order valence-electron chi connectivity index (χ2n) is 16.1. The van der Waals surface area contributed by atoms with E-state index in [1.165, 1.54) is 12.1 Å². The lowest BCUT2D eigenvalue weighted by molar-refractivity contribution is 0.838. The van der Waals surface area contributed by atoms with E-state index < -0.39 is 16.1 Å². The maximum absolute atomic E-state index is 14.0. The van der Waals surface area contributed by atoms with E-state index >= 15 is 0 Å². The van der Waals surface area contributed by atoms with E-state index in [2.05, 4.69) is 106 Å². The van der Waals surface area contributed by atoms with E-state index in [1.54, 1.807) is 24.3 Å². The van der Waals surface area contributed by atoms with E-state index in [4.69, 9.17) is 0 Å². The van der Waals surface area contributed by atoms with Gasteiger partial charge in [-0.25, -0.2) is 0 Å². The summed E-state index contributed by atoms with van der Waals surface area (Å²) in [7, 11) is -4.03. The van der Waals surface area contributed by atoms with E-state index in [0.717, 1.165) is 0 Å². The number of rotatable bonds is 6. The molecule has 0 amide bonds. The lowest BCUT2D eigenvalue weighted by atomic mass is 9.95. The summed E-state index contributed by atoms with van der Waals surface area (Å²) in [6.45, 7) is 27.0. The summed E-state index contributed by atoms with van der Waals surface area (Å²) in [5, 5.41) is 1.71. The molecule has 0 aliphatic carbocycles. The number of benzene rings is 5. The molecule has 0 bridgehead atoms. The highest BCUT2D eigenvalue weighted by molar-refractivity contribution is 6.91. The SMILES string of the molecule is CC(C)[Si](C#Cc1ccc2c(=O)c3cc4c(=O)c5cc(C#C[Si](C(C)C)(C(C)C)C(C)C)ccc5c(=O)c4cc3c(=O)c2c1)(C(C)C)C(C)C. The quantitative estimate of drug-likeness (QED) is 0.101. The average molecular weight is 699 g/mol. The zero-order chi connectivity index (χ0) is 37.0. The predicted molar refractivity (Wildman–Crippen MR) is 220 cm³/mol. The van der Waals surface area contributed by atoms with Crippen LogP contribution < -0.4 is 21.7 Å². The Morgan fingerprint density at radius 2 is 0.600 bits per heavy atom. The molecular formula is C44H50O4Si2. The Morgan fingerprint density at radius 1 is 0.360 bits per heavy atom. The first-order valence-electron chi connectivity index (χ1n) is 18.1. The molecule has 0 N–H and O–H groups in total. The van der Waals surface area contributed by atoms with Crippen LogP contribution >= 0.6 is 0 Å². The van der Waals surface area contributed by atoms with Gasteiger partial charge in [0.25, 0.3) is 0 Å². The number of hydrogen-bond donors (Lipinski definition) is 0. The molecule has 0 fully saturated rings. The minimum Gasteiger partial charge on any atom is -0.289 e. The fraction of sp³-hybridized carbons (Fsp3) is 0.409. The average Bonchev–Trinajstić information content (AvgIpc) is 3.05. The van der Waals surface area contributed by atoms with Crippen LogP contribution in [-0.2, 0) is 0 Å². The monoisotopic (exact) mass is 698 g/mol. The van der Waals surface area contributed by atoms with Crippen molar-refractivity contribution in [3.8, 4) is 22.9 Å². The first kappa shape index (κ1) is 37.2. The van der Waals surface area contributed by atoms with E-state index in [1.807, 2.05) is 12.1 Å². The normalized spacial score (nSPS) is 12.7. The van der Waals surface area contributed by atoms with E-state index in [-0.39, 0.29) is 64.8 Å². The van der Waals surface area contributed by atoms with Crippen LogP contribution in [0, 0.1) is 22.9 Å². The molecule has 5 aromatic rings. The molecule has 0 saturated carbocycles. The van der Waals surface area contributed by atoms with Crippen molar-refractivity contribution >= 4 is 59.2 Å². The van der Waals surface area contributed by atoms with Crippen LogP contribution in [0.4, 0.5) is 0 Å². The number of hydrogen-bond acceptors (Lipinski definition) is 4. The van der Waals surface area contributed by atoms with Crippen LogP contribution in [0.2, 0.25) is 33.2 Å². The molecule has 0 unspecified atom stereocenters. The maximum Gasteiger partial charge on any atom is 0.194 e. The van der Waals surface area contributed by atoms with Gasteiger partial charge in [0.05, 0.1) is 0 Å². The van der Waals surface area contributed by atoms with Gasteiger partial charge in [-0.3, -0.25) is 19.2 Å². The van der Waals surface area contributed by atoms with Crippen molar-refractivity contribution in [3.05, 3.63) is 101 Å². The Morgan fingerprint density at radius 3 is 0.860 bits per heavy atom. The van der Waals surface area contributed by atoms with E-state index in [0.29, 0.717) is 44.4 Å². The van der Waals surface area contributed by atoms with Crippen molar-refractivity contribution in [3.63, 3.8) is 0 Å². The molecule has 0 radical (unpaired) electrons. The van der Waals surface area contributed by atoms with Gasteiger partial charge in [-0.1, -0.05) is 94.9 Å². The third kappa shape index (κ3) is 5.81. The Hall–Kier alpha value is -4.11. The molecule has 258 valence electrons. The highest BCUT2D eigenvalue weighted by Crippen LogP contribution is 2.42. The van der Waals surface area contributed by atoms with Crippen molar-refractivity contribution in [2.24, 2.45) is 0 Å². The van der Waals surface area contributed by atoms with Crippen LogP contribution in [0.25, 0.3) is 43.1 Å². The predicted octanol–water partition coefficient (Wildman–Crippen LogP) is 9.75. The molecule has 0 atom stereocenters. The first-order chi connectivity index (χ1) is 23.4. The van der Waals surface area contributed by atoms with Gasteiger partial charge in [0.1, 0.15) is 16.1 Å². The molecule has 0 aromatic heterocycles. The van der Waals surface area contributed by atoms with Gasteiger partial charge in [-0.15, -0.1) is 11.1 Å². The Labute approximate surface area is 298 Å². The summed E-state index contributed by atoms with van der Waals surface area (Å²) < 4.78 is 0. The van der Waals surface area contributed by atoms with Gasteiger partial charge in [-0.2, -0.15) is 0 Å². The molecule has 0 heterocycles. The van der Waals surface area contributed by atoms with Gasteiger partial charge in [-0.05, 0) is 81.8 Å². The zero-order valence-corrected chi connectivity index (χ0v) is 33.7. The summed E-state index contributed by atoms with van der Waals surface area (Å²) in [5.41, 5.74) is 10.2. The van der Waals surface area contributed by atoms with E-state index in [9.17, 15) is 19.2 Å². The highest BCUT2D eigenvalue weighted by atomic mass is 28.3. The Bertz CT molecular complexity index is 2290. The standard InChI is InChI=1S/C44H50O4Si2/c1-25(2)49(26(3)4,27(5)6)19-17-31-13-15-33-35(21-31)43(47)39-23-38-40(24-37(39)41(33)45)44(48)36-22-32(14-16-34(36)42(38)46)18-20-50(28(7)8,29(9)10)30(11)12/h13-16,21-30H,1-12H3. The van der Waals surface area contributed by atoms with Gasteiger partial charge >= 0.3 is 0 Å². The van der Waals surface area contributed by atoms with Crippen LogP contribution in [0.5, 0.6) is 0 Å². The lowest BCUT2D eigenvalue weighted by Crippen LogP contribution is -2.43. The summed E-state index contributed by atoms with van der Waals surface area (Å²) in [5.74, 6) is 6.79. The van der Waals surface area contributed by atoms with Gasteiger partial charge in [0.15, 0.2) is 21.7 Å². The Balaban J connectivity index is 1.73. The number of fused-ring (bicyclic) bond motifs is 4. The summed E-state index contributed by atoms with van der Waals surface area (Å²) in [4.78, 5) is 55.7. The Kier molecular flexibility index (Phi) is 10.1. The summed E-state index contributed by atoms with van der Waals surface area (Å²) in [6.07, 6.45) is 0. The van der Waals surface area contributed by atoms with Crippen molar-refractivity contribution in [1.82, 2.24) is 0 Å². The van der Waals surface area contributed by atoms with Gasteiger partial charge in [0.2, 0.25) is 0 Å². The molecule has 5 rings (SSSR count). The third-order valence-corrected chi connectivity index (χ3v) is 24.3. The largest absolute Gasteiger partial charge is 0.289 e. The highest BCUT2D eigenvalue weighted by Gasteiger charge is 2.42. The lowest BCUT2D eigenvalue weighted by Gasteiger charge is -2.38. The molecule has 6 heteroatoms. The van der Waals surface area contributed by atoms with Crippen LogP contribution in [-0.4, -0.2) is 16.1 Å². The molecule has 0 saturated heterocycles. The second kappa shape index (κ2) is 13.6. The fourth-order valence-electron chi connectivity index (χ4n) is 9.17. The molecule has 5 aromatic carbocycles. The third-order valence-electron chi connectivity index (χ3n) is 11.7. The van der Waals surface area contributed by atoms with Crippen LogP contribution in [0.1, 0.15) is 94.2 Å². The molecule has 0 spiro atoms. The first-order valence-corrected chi connectivity index (χ1v) is 22.6. The molecular weight excluding hydrogens is 649 g/mol. The minimum atomic E-state index is -2.01. The molecule has 0 aliphatic rings. The van der Waals surface area contributed by atoms with Crippen LogP contribution in [0.15, 0.2) is 67.7 Å². The van der Waals surface area contributed by atoms with Gasteiger partial charge in [0, 0.05) is 54.2 Å². The molecule has 50 heavy (non-hydrogen) atoms. The van der Waals surface area contributed by atoms with Crippen molar-refractivity contribution in [2.75, 3.05) is 0 Å². The zero-order valence-electron chi connectivity index (χ0n) is 31.7. The van der Waals surface area contributed by atoms with Crippen LogP contribution in [0.3, 0.4) is 0 Å². The summed E-state index contributed by atoms with van der Waals surface area (Å²) in [6, 6.07) is 13.3. The topological polar surface area (TPSA) is 68.3 Å². The second-order valence-corrected chi connectivity index (χ2v) is 27.2. The molecule has 4 nitrogen and oxygen atoms in total. The van der Waals surface area contributed by atoms with Crippen molar-refractivity contribution < 1.29 is 0 Å². The smallest absolute Gasteiger partial charge is 0.194 e. The van der Waals surface area contributed by atoms with Crippen molar-refractivity contribution in [2.45, 2.75) is 116 Å².